The number of amidine groups is 2. The molecule has 2 aromatic heterocycles. The molecule has 0 spiro atoms. The minimum atomic E-state index is -0.464. The first-order valence-corrected chi connectivity index (χ1v) is 23.8. The largest absolute Gasteiger partial charge is 0.456 e. The molecular formula is C65H42N4O. The molecule has 0 radical (unpaired) electrons. The number of para-hydroxylation sites is 2. The summed E-state index contributed by atoms with van der Waals surface area (Å²) in [6, 6.07) is 86.6. The van der Waals surface area contributed by atoms with Crippen LogP contribution in [0.25, 0.3) is 104 Å². The fourth-order valence-corrected chi connectivity index (χ4v) is 10.7. The highest BCUT2D eigenvalue weighted by Gasteiger charge is 2.26. The Balaban J connectivity index is 0.977. The van der Waals surface area contributed by atoms with Gasteiger partial charge in [-0.05, 0) is 91.8 Å². The topological polar surface area (TPSA) is 54.8 Å². The molecule has 0 aliphatic carbocycles. The van der Waals surface area contributed by atoms with Gasteiger partial charge in [0.1, 0.15) is 23.2 Å². The second kappa shape index (κ2) is 16.2. The van der Waals surface area contributed by atoms with E-state index in [9.17, 15) is 0 Å². The van der Waals surface area contributed by atoms with Crippen LogP contribution in [0.1, 0.15) is 22.9 Å². The number of aromatic nitrogens is 1. The zero-order valence-electron chi connectivity index (χ0n) is 37.9. The summed E-state index contributed by atoms with van der Waals surface area (Å²) in [4.78, 5) is 10.7. The van der Waals surface area contributed by atoms with E-state index in [1.54, 1.807) is 0 Å². The highest BCUT2D eigenvalue weighted by molar-refractivity contribution is 6.22. The van der Waals surface area contributed by atoms with Crippen LogP contribution in [-0.2, 0) is 0 Å². The Hall–Kier alpha value is -9.32. The molecule has 0 amide bonds. The third kappa shape index (κ3) is 6.62. The van der Waals surface area contributed by atoms with Crippen LogP contribution in [0, 0.1) is 0 Å². The number of fused-ring (bicyclic) bond motifs is 8. The Kier molecular flexibility index (Phi) is 9.20. The molecule has 13 aromatic rings. The van der Waals surface area contributed by atoms with Gasteiger partial charge in [-0.15, -0.1) is 0 Å². The average molecular weight is 895 g/mol. The molecule has 1 aliphatic heterocycles. The molecule has 5 nitrogen and oxygen atoms in total. The molecule has 11 aromatic carbocycles. The molecule has 0 saturated carbocycles. The highest BCUT2D eigenvalue weighted by atomic mass is 16.3. The van der Waals surface area contributed by atoms with Gasteiger partial charge in [-0.3, -0.25) is 0 Å². The van der Waals surface area contributed by atoms with E-state index in [1.807, 2.05) is 12.1 Å². The lowest BCUT2D eigenvalue weighted by molar-refractivity contribution is 0.669. The Bertz CT molecular complexity index is 4240. The van der Waals surface area contributed by atoms with E-state index < -0.39 is 6.17 Å². The Morgan fingerprint density at radius 3 is 1.70 bits per heavy atom. The summed E-state index contributed by atoms with van der Waals surface area (Å²) in [5.41, 5.74) is 14.9. The molecule has 1 unspecified atom stereocenters. The van der Waals surface area contributed by atoms with E-state index in [1.165, 1.54) is 32.7 Å². The normalized spacial score (nSPS) is 13.9. The van der Waals surface area contributed by atoms with Crippen LogP contribution in [0.5, 0.6) is 0 Å². The maximum Gasteiger partial charge on any atom is 0.159 e. The van der Waals surface area contributed by atoms with Crippen LogP contribution in [0.2, 0.25) is 0 Å². The Morgan fingerprint density at radius 2 is 0.971 bits per heavy atom. The molecule has 70 heavy (non-hydrogen) atoms. The minimum absolute atomic E-state index is 0.464. The van der Waals surface area contributed by atoms with Gasteiger partial charge in [-0.1, -0.05) is 200 Å². The summed E-state index contributed by atoms with van der Waals surface area (Å²) in [6.45, 7) is 0. The van der Waals surface area contributed by atoms with Crippen LogP contribution >= 0.6 is 0 Å². The summed E-state index contributed by atoms with van der Waals surface area (Å²) >= 11 is 0. The first-order valence-electron chi connectivity index (χ1n) is 23.8. The van der Waals surface area contributed by atoms with Crippen LogP contribution in [-0.4, -0.2) is 16.2 Å². The van der Waals surface area contributed by atoms with Gasteiger partial charge in [0, 0.05) is 43.8 Å². The van der Waals surface area contributed by atoms with Crippen molar-refractivity contribution in [1.82, 2.24) is 9.88 Å². The predicted molar refractivity (Wildman–Crippen MR) is 291 cm³/mol. The molecule has 3 heterocycles. The van der Waals surface area contributed by atoms with E-state index in [-0.39, 0.29) is 0 Å². The summed E-state index contributed by atoms with van der Waals surface area (Å²) in [5.74, 6) is 1.44. The molecule has 0 saturated heterocycles. The molecule has 1 atom stereocenters. The van der Waals surface area contributed by atoms with E-state index in [0.717, 1.165) is 94.2 Å². The van der Waals surface area contributed by atoms with Crippen LogP contribution in [0.3, 0.4) is 0 Å². The summed E-state index contributed by atoms with van der Waals surface area (Å²) in [5, 5.41) is 13.0. The van der Waals surface area contributed by atoms with Crippen molar-refractivity contribution in [1.29, 1.82) is 0 Å². The third-order valence-electron chi connectivity index (χ3n) is 14.0. The van der Waals surface area contributed by atoms with Crippen molar-refractivity contribution in [2.24, 2.45) is 9.98 Å². The van der Waals surface area contributed by atoms with Gasteiger partial charge in [0.05, 0.1) is 16.7 Å². The van der Waals surface area contributed by atoms with Crippen molar-refractivity contribution in [3.63, 3.8) is 0 Å². The molecule has 14 rings (SSSR count). The second-order valence-corrected chi connectivity index (χ2v) is 18.1. The molecule has 1 aliphatic rings. The van der Waals surface area contributed by atoms with Gasteiger partial charge in [0.15, 0.2) is 5.84 Å². The Labute approximate surface area is 404 Å². The quantitative estimate of drug-likeness (QED) is 0.173. The Morgan fingerprint density at radius 1 is 0.400 bits per heavy atom. The van der Waals surface area contributed by atoms with Gasteiger partial charge >= 0.3 is 0 Å². The van der Waals surface area contributed by atoms with E-state index in [2.05, 4.69) is 240 Å². The SMILES string of the molecule is c1ccc(C2=NC(c3ccc(-c4ccc(-c5ccccc5)cc4)cc3)=NC(c3ccc(-n4c5ccccc5c5cc6ccccc6cc54)c(-c4c5ccccc5cc5oc6ccccc6c45)c3)N2)cc1. The smallest absolute Gasteiger partial charge is 0.159 e. The zero-order valence-corrected chi connectivity index (χ0v) is 37.9. The lowest BCUT2D eigenvalue weighted by Gasteiger charge is -2.25. The molecular weight excluding hydrogens is 853 g/mol. The number of benzene rings is 11. The average Bonchev–Trinajstić information content (AvgIpc) is 3.96. The number of hydrogen-bond acceptors (Lipinski definition) is 4. The van der Waals surface area contributed by atoms with Gasteiger partial charge in [0.25, 0.3) is 0 Å². The first-order chi connectivity index (χ1) is 34.7. The van der Waals surface area contributed by atoms with Crippen molar-refractivity contribution in [3.8, 4) is 39.1 Å². The fourth-order valence-electron chi connectivity index (χ4n) is 10.7. The number of aliphatic imine (C=N–C) groups is 2. The van der Waals surface area contributed by atoms with Crippen molar-refractivity contribution < 1.29 is 4.42 Å². The summed E-state index contributed by atoms with van der Waals surface area (Å²) in [7, 11) is 0. The molecule has 1 N–H and O–H groups in total. The number of nitrogens with one attached hydrogen (secondary N) is 1. The van der Waals surface area contributed by atoms with Gasteiger partial charge in [-0.2, -0.15) is 0 Å². The second-order valence-electron chi connectivity index (χ2n) is 18.1. The highest BCUT2D eigenvalue weighted by Crippen LogP contribution is 2.46. The van der Waals surface area contributed by atoms with Gasteiger partial charge < -0.3 is 14.3 Å². The van der Waals surface area contributed by atoms with Crippen LogP contribution < -0.4 is 5.32 Å². The molecule has 5 heteroatoms. The molecule has 328 valence electrons. The van der Waals surface area contributed by atoms with Crippen LogP contribution in [0.4, 0.5) is 0 Å². The van der Waals surface area contributed by atoms with Crippen molar-refractivity contribution >= 4 is 77.0 Å². The number of rotatable bonds is 7. The summed E-state index contributed by atoms with van der Waals surface area (Å²) in [6.07, 6.45) is -0.464. The van der Waals surface area contributed by atoms with E-state index in [0.29, 0.717) is 5.84 Å². The number of furan rings is 1. The lowest BCUT2D eigenvalue weighted by atomic mass is 9.90. The first kappa shape index (κ1) is 39.8. The maximum atomic E-state index is 6.72. The fraction of sp³-hybridized carbons (Fsp3) is 0.0154. The molecule has 0 fully saturated rings. The van der Waals surface area contributed by atoms with Crippen molar-refractivity contribution in [3.05, 3.63) is 259 Å². The summed E-state index contributed by atoms with van der Waals surface area (Å²) < 4.78 is 9.18. The standard InChI is InChI=1S/C65H42N4O/c1-3-15-41(16-4-1)42-27-29-43(30-28-42)44-31-33-46(34-32-44)64-66-63(45-17-5-2-6-18-45)67-65(68-64)50-35-36-57(69-56-25-13-11-23-52(56)54-37-47-19-7-8-20-48(47)39-58(54)69)55(38-50)61-51-22-10-9-21-49(51)40-60-62(61)53-24-12-14-26-59(53)70-60/h1-40,65H,(H,66,67,68). The maximum absolute atomic E-state index is 6.72. The van der Waals surface area contributed by atoms with Crippen molar-refractivity contribution in [2.75, 3.05) is 0 Å². The zero-order chi connectivity index (χ0) is 46.1. The monoisotopic (exact) mass is 894 g/mol. The third-order valence-corrected chi connectivity index (χ3v) is 14.0. The predicted octanol–water partition coefficient (Wildman–Crippen LogP) is 16.5. The van der Waals surface area contributed by atoms with Crippen molar-refractivity contribution in [2.45, 2.75) is 6.17 Å². The number of nitrogens with zero attached hydrogens (tertiary/aromatic N) is 3. The van der Waals surface area contributed by atoms with Crippen LogP contribution in [0.15, 0.2) is 257 Å². The molecule has 0 bridgehead atoms. The lowest BCUT2D eigenvalue weighted by Crippen LogP contribution is -2.33. The van der Waals surface area contributed by atoms with Gasteiger partial charge in [0.2, 0.25) is 0 Å². The van der Waals surface area contributed by atoms with E-state index >= 15 is 0 Å². The number of hydrogen-bond donors (Lipinski definition) is 1. The van der Waals surface area contributed by atoms with Gasteiger partial charge in [-0.25, -0.2) is 9.98 Å². The van der Waals surface area contributed by atoms with E-state index in [4.69, 9.17) is 14.4 Å². The minimum Gasteiger partial charge on any atom is -0.456 e.